The van der Waals surface area contributed by atoms with Crippen molar-refractivity contribution in [3.63, 3.8) is 0 Å². The van der Waals surface area contributed by atoms with E-state index in [4.69, 9.17) is 26.6 Å². The van der Waals surface area contributed by atoms with Crippen molar-refractivity contribution in [2.45, 2.75) is 79.6 Å². The minimum Gasteiger partial charge on any atom is -0.374 e. The maximum absolute atomic E-state index is 5.97. The summed E-state index contributed by atoms with van der Waals surface area (Å²) in [6.07, 6.45) is 0.757. The van der Waals surface area contributed by atoms with Crippen molar-refractivity contribution >= 4 is 46.4 Å². The van der Waals surface area contributed by atoms with Crippen LogP contribution >= 0.6 is 22.4 Å². The van der Waals surface area contributed by atoms with Crippen LogP contribution in [0.5, 0.6) is 0 Å². The molecular formula is C20H48O6S2Si3. The Morgan fingerprint density at radius 2 is 0.742 bits per heavy atom. The van der Waals surface area contributed by atoms with Gasteiger partial charge in [0.25, 0.3) is 0 Å². The van der Waals surface area contributed by atoms with Crippen LogP contribution in [0.3, 0.4) is 0 Å². The molecule has 31 heavy (non-hydrogen) atoms. The second-order valence-corrected chi connectivity index (χ2v) is 25.6. The normalized spacial score (nSPS) is 13.2. The van der Waals surface area contributed by atoms with Crippen LogP contribution in [0, 0.1) is 0 Å². The highest BCUT2D eigenvalue weighted by atomic mass is 32.6. The molecular weight excluding hydrogens is 485 g/mol. The van der Waals surface area contributed by atoms with Crippen LogP contribution in [0.2, 0.25) is 25.2 Å². The summed E-state index contributed by atoms with van der Waals surface area (Å²) in [4.78, 5) is 0. The van der Waals surface area contributed by atoms with E-state index in [0.717, 1.165) is 36.4 Å². The lowest BCUT2D eigenvalue weighted by molar-refractivity contribution is 0.0704. The SMILES string of the molecule is CCO[Si](CCCS[Si](C)(C)SCCC[Si](OCC)(OCC)OCC)(OCC)OCC. The summed E-state index contributed by atoms with van der Waals surface area (Å²) in [5, 5.41) is 0. The Balaban J connectivity index is 4.46. The molecule has 0 spiro atoms. The number of hydrogen-bond acceptors (Lipinski definition) is 8. The third kappa shape index (κ3) is 14.2. The quantitative estimate of drug-likeness (QED) is 0.124. The lowest BCUT2D eigenvalue weighted by Crippen LogP contribution is -2.46. The van der Waals surface area contributed by atoms with Crippen LogP contribution in [0.4, 0.5) is 0 Å². The van der Waals surface area contributed by atoms with Crippen molar-refractivity contribution in [2.75, 3.05) is 51.1 Å². The molecule has 0 saturated heterocycles. The summed E-state index contributed by atoms with van der Waals surface area (Å²) >= 11 is 4.27. The van der Waals surface area contributed by atoms with E-state index in [9.17, 15) is 0 Å². The Kier molecular flexibility index (Phi) is 19.1. The van der Waals surface area contributed by atoms with Gasteiger partial charge in [-0.15, -0.1) is 0 Å². The van der Waals surface area contributed by atoms with Gasteiger partial charge in [0, 0.05) is 51.7 Å². The topological polar surface area (TPSA) is 55.4 Å². The molecule has 0 radical (unpaired) electrons. The lowest BCUT2D eigenvalue weighted by Gasteiger charge is -2.29. The molecule has 0 bridgehead atoms. The zero-order valence-corrected chi connectivity index (χ0v) is 25.9. The van der Waals surface area contributed by atoms with Crippen molar-refractivity contribution in [3.05, 3.63) is 0 Å². The molecule has 0 atom stereocenters. The van der Waals surface area contributed by atoms with Gasteiger partial charge in [-0.2, -0.15) is 22.4 Å². The molecule has 0 aromatic heterocycles. The Labute approximate surface area is 203 Å². The third-order valence-electron chi connectivity index (χ3n) is 4.34. The second kappa shape index (κ2) is 18.4. The molecule has 0 aliphatic rings. The van der Waals surface area contributed by atoms with E-state index >= 15 is 0 Å². The molecule has 11 heteroatoms. The van der Waals surface area contributed by atoms with Gasteiger partial charge >= 0.3 is 17.6 Å². The van der Waals surface area contributed by atoms with Gasteiger partial charge in [0.15, 0.2) is 6.37 Å². The predicted molar refractivity (Wildman–Crippen MR) is 143 cm³/mol. The van der Waals surface area contributed by atoms with Gasteiger partial charge in [-0.1, -0.05) is 13.1 Å². The van der Waals surface area contributed by atoms with E-state index in [-0.39, 0.29) is 0 Å². The van der Waals surface area contributed by atoms with Gasteiger partial charge in [-0.3, -0.25) is 0 Å². The highest BCUT2D eigenvalue weighted by Gasteiger charge is 2.41. The standard InChI is InChI=1S/C20H48O6S2Si3/c1-9-21-30(22-10-2,23-11-3)19-15-17-27-29(7,8)28-18-16-20-31(24-12-4,25-13-5)26-14-6/h9-20H2,1-8H3. The zero-order valence-electron chi connectivity index (χ0n) is 21.3. The van der Waals surface area contributed by atoms with E-state index in [1.165, 1.54) is 0 Å². The molecule has 0 aromatic rings. The van der Waals surface area contributed by atoms with Crippen molar-refractivity contribution in [1.82, 2.24) is 0 Å². The molecule has 0 aliphatic heterocycles. The van der Waals surface area contributed by atoms with Crippen LogP contribution in [-0.2, 0) is 26.6 Å². The Hall–Kier alpha value is 1.11. The first-order valence-electron chi connectivity index (χ1n) is 11.9. The van der Waals surface area contributed by atoms with Gasteiger partial charge in [0.2, 0.25) is 0 Å². The first-order chi connectivity index (χ1) is 14.8. The first kappa shape index (κ1) is 32.1. The fraction of sp³-hybridized carbons (Fsp3) is 1.00. The molecule has 0 aromatic carbocycles. The fourth-order valence-electron chi connectivity index (χ4n) is 3.26. The molecule has 0 aliphatic carbocycles. The van der Waals surface area contributed by atoms with Crippen molar-refractivity contribution in [1.29, 1.82) is 0 Å². The monoisotopic (exact) mass is 532 g/mol. The Bertz CT molecular complexity index is 366. The van der Waals surface area contributed by atoms with E-state index in [1.807, 2.05) is 41.5 Å². The predicted octanol–water partition coefficient (Wildman–Crippen LogP) is 6.03. The summed E-state index contributed by atoms with van der Waals surface area (Å²) in [6, 6.07) is 1.80. The smallest absolute Gasteiger partial charge is 0.374 e. The highest BCUT2D eigenvalue weighted by molar-refractivity contribution is 8.58. The summed E-state index contributed by atoms with van der Waals surface area (Å²) in [5.74, 6) is 2.26. The Morgan fingerprint density at radius 1 is 0.484 bits per heavy atom. The summed E-state index contributed by atoms with van der Waals surface area (Å²) in [7, 11) is -5.02. The molecule has 0 N–H and O–H groups in total. The molecule has 0 unspecified atom stereocenters. The highest BCUT2D eigenvalue weighted by Crippen LogP contribution is 2.34. The molecule has 188 valence electrons. The van der Waals surface area contributed by atoms with E-state index in [2.05, 4.69) is 35.5 Å². The molecule has 0 amide bonds. The van der Waals surface area contributed by atoms with Gasteiger partial charge in [0.05, 0.1) is 0 Å². The number of hydrogen-bond donors (Lipinski definition) is 0. The van der Waals surface area contributed by atoms with Gasteiger partial charge in [-0.05, 0) is 65.9 Å². The van der Waals surface area contributed by atoms with E-state index in [1.54, 1.807) is 0 Å². The summed E-state index contributed by atoms with van der Waals surface area (Å²) < 4.78 is 35.8. The average molecular weight is 533 g/mol. The van der Waals surface area contributed by atoms with Crippen LogP contribution in [-0.4, -0.2) is 75.1 Å². The van der Waals surface area contributed by atoms with Crippen LogP contribution in [0.1, 0.15) is 54.4 Å². The molecule has 6 nitrogen and oxygen atoms in total. The molecule has 0 heterocycles. The number of rotatable bonds is 22. The van der Waals surface area contributed by atoms with E-state index in [0.29, 0.717) is 39.6 Å². The van der Waals surface area contributed by atoms with Crippen molar-refractivity contribution < 1.29 is 26.6 Å². The van der Waals surface area contributed by atoms with Crippen molar-refractivity contribution in [3.8, 4) is 0 Å². The van der Waals surface area contributed by atoms with Crippen LogP contribution in [0.15, 0.2) is 0 Å². The first-order valence-corrected chi connectivity index (χ1v) is 22.2. The average Bonchev–Trinajstić information content (AvgIpc) is 2.70. The summed E-state index contributed by atoms with van der Waals surface area (Å²) in [5.41, 5.74) is 0. The zero-order chi connectivity index (χ0) is 23.6. The maximum Gasteiger partial charge on any atom is 0.500 e. The van der Waals surface area contributed by atoms with Crippen LogP contribution in [0.25, 0.3) is 0 Å². The van der Waals surface area contributed by atoms with Crippen LogP contribution < -0.4 is 0 Å². The minimum absolute atomic E-state index is 0.644. The van der Waals surface area contributed by atoms with Gasteiger partial charge < -0.3 is 26.6 Å². The van der Waals surface area contributed by atoms with Gasteiger partial charge in [0.1, 0.15) is 0 Å². The third-order valence-corrected chi connectivity index (χ3v) is 20.5. The lowest BCUT2D eigenvalue weighted by atomic mass is 10.6. The summed E-state index contributed by atoms with van der Waals surface area (Å²) in [6.45, 7) is 20.8. The van der Waals surface area contributed by atoms with E-state index < -0.39 is 24.0 Å². The Morgan fingerprint density at radius 3 is 0.968 bits per heavy atom. The molecule has 0 rings (SSSR count). The maximum atomic E-state index is 5.97. The second-order valence-electron chi connectivity index (χ2n) is 7.27. The van der Waals surface area contributed by atoms with Gasteiger partial charge in [-0.25, -0.2) is 0 Å². The van der Waals surface area contributed by atoms with Crippen molar-refractivity contribution in [2.24, 2.45) is 0 Å². The largest absolute Gasteiger partial charge is 0.500 e. The molecule has 0 fully saturated rings. The fourth-order valence-corrected chi connectivity index (χ4v) is 17.0. The molecule has 0 saturated carbocycles. The minimum atomic E-state index is -2.51.